The predicted octanol–water partition coefficient (Wildman–Crippen LogP) is 2.19. The molecule has 0 aliphatic rings. The maximum absolute atomic E-state index is 9.85. The lowest BCUT2D eigenvalue weighted by atomic mass is 10.1. The summed E-state index contributed by atoms with van der Waals surface area (Å²) in [6.07, 6.45) is -0.615. The highest BCUT2D eigenvalue weighted by molar-refractivity contribution is 5.98. The Bertz CT molecular complexity index is 524. The standard InChI is InChI=1S/C17H28N2O4/c1-12(13-7-8-15(21-5)16(9-13)22-6)19-23-11-14(20)10-18-17(2,3)4/h7-9,14,18,20H,10-11H2,1-6H3/b19-12+. The first-order valence-electron chi connectivity index (χ1n) is 7.59. The van der Waals surface area contributed by atoms with E-state index in [9.17, 15) is 5.11 Å². The molecule has 2 N–H and O–H groups in total. The second kappa shape index (κ2) is 8.74. The van der Waals surface area contributed by atoms with Crippen molar-refractivity contribution in [3.05, 3.63) is 23.8 Å². The molecule has 130 valence electrons. The minimum absolute atomic E-state index is 0.0419. The van der Waals surface area contributed by atoms with E-state index in [2.05, 4.69) is 10.5 Å². The molecule has 1 aromatic carbocycles. The highest BCUT2D eigenvalue weighted by Crippen LogP contribution is 2.27. The monoisotopic (exact) mass is 324 g/mol. The number of β-amino-alcohol motifs (C(OH)–C–C–N with tert-alkyl or cyclic N) is 1. The molecule has 0 saturated carbocycles. The van der Waals surface area contributed by atoms with Crippen molar-refractivity contribution in [1.29, 1.82) is 0 Å². The Balaban J connectivity index is 2.57. The minimum Gasteiger partial charge on any atom is -0.493 e. The van der Waals surface area contributed by atoms with E-state index >= 15 is 0 Å². The van der Waals surface area contributed by atoms with Crippen molar-refractivity contribution in [2.75, 3.05) is 27.4 Å². The van der Waals surface area contributed by atoms with E-state index in [0.29, 0.717) is 23.8 Å². The van der Waals surface area contributed by atoms with Crippen LogP contribution in [0.2, 0.25) is 0 Å². The van der Waals surface area contributed by atoms with Gasteiger partial charge in [-0.25, -0.2) is 0 Å². The molecule has 0 aliphatic heterocycles. The number of aliphatic hydroxyl groups is 1. The van der Waals surface area contributed by atoms with Crippen LogP contribution in [0.15, 0.2) is 23.4 Å². The number of benzene rings is 1. The molecule has 0 aliphatic carbocycles. The van der Waals surface area contributed by atoms with E-state index in [1.165, 1.54) is 0 Å². The number of hydrogen-bond acceptors (Lipinski definition) is 6. The maximum Gasteiger partial charge on any atom is 0.161 e. The molecule has 23 heavy (non-hydrogen) atoms. The van der Waals surface area contributed by atoms with Crippen molar-refractivity contribution in [1.82, 2.24) is 5.32 Å². The second-order valence-electron chi connectivity index (χ2n) is 6.33. The lowest BCUT2D eigenvalue weighted by molar-refractivity contribution is 0.0373. The number of oxime groups is 1. The molecular formula is C17H28N2O4. The fourth-order valence-electron chi connectivity index (χ4n) is 1.82. The third-order valence-electron chi connectivity index (χ3n) is 3.14. The molecule has 0 saturated heterocycles. The van der Waals surface area contributed by atoms with Crippen LogP contribution in [0.5, 0.6) is 11.5 Å². The summed E-state index contributed by atoms with van der Waals surface area (Å²) in [6.45, 7) is 8.54. The lowest BCUT2D eigenvalue weighted by Crippen LogP contribution is -2.42. The molecular weight excluding hydrogens is 296 g/mol. The van der Waals surface area contributed by atoms with Crippen LogP contribution in [0, 0.1) is 0 Å². The fraction of sp³-hybridized carbons (Fsp3) is 0.588. The van der Waals surface area contributed by atoms with E-state index in [0.717, 1.165) is 5.56 Å². The quantitative estimate of drug-likeness (QED) is 0.566. The van der Waals surface area contributed by atoms with Gasteiger partial charge in [0.05, 0.1) is 19.9 Å². The molecule has 0 heterocycles. The van der Waals surface area contributed by atoms with Crippen LogP contribution in [0.1, 0.15) is 33.3 Å². The van der Waals surface area contributed by atoms with Crippen molar-refractivity contribution in [3.8, 4) is 11.5 Å². The summed E-state index contributed by atoms with van der Waals surface area (Å²) in [7, 11) is 3.18. The first kappa shape index (κ1) is 19.3. The Morgan fingerprint density at radius 2 is 1.87 bits per heavy atom. The fourth-order valence-corrected chi connectivity index (χ4v) is 1.82. The first-order chi connectivity index (χ1) is 10.8. The van der Waals surface area contributed by atoms with Gasteiger partial charge >= 0.3 is 0 Å². The maximum atomic E-state index is 9.85. The SMILES string of the molecule is COc1ccc(/C(C)=N/OCC(O)CNC(C)(C)C)cc1OC. The zero-order valence-electron chi connectivity index (χ0n) is 14.8. The molecule has 0 spiro atoms. The van der Waals surface area contributed by atoms with Crippen LogP contribution in [0.4, 0.5) is 0 Å². The van der Waals surface area contributed by atoms with Gasteiger partial charge in [-0.05, 0) is 45.9 Å². The summed E-state index contributed by atoms with van der Waals surface area (Å²) < 4.78 is 10.5. The predicted molar refractivity (Wildman–Crippen MR) is 91.5 cm³/mol. The van der Waals surface area contributed by atoms with E-state index < -0.39 is 6.10 Å². The van der Waals surface area contributed by atoms with Crippen molar-refractivity contribution in [3.63, 3.8) is 0 Å². The summed E-state index contributed by atoms with van der Waals surface area (Å²) in [5, 5.41) is 17.1. The van der Waals surface area contributed by atoms with Gasteiger partial charge in [0.1, 0.15) is 12.7 Å². The molecule has 0 bridgehead atoms. The molecule has 1 atom stereocenters. The van der Waals surface area contributed by atoms with Gasteiger partial charge in [0.2, 0.25) is 0 Å². The van der Waals surface area contributed by atoms with Crippen LogP contribution in [0.3, 0.4) is 0 Å². The van der Waals surface area contributed by atoms with Gasteiger partial charge in [-0.2, -0.15) is 0 Å². The van der Waals surface area contributed by atoms with E-state index in [1.807, 2.05) is 45.9 Å². The van der Waals surface area contributed by atoms with Gasteiger partial charge in [-0.3, -0.25) is 0 Å². The highest BCUT2D eigenvalue weighted by Gasteiger charge is 2.12. The van der Waals surface area contributed by atoms with Crippen molar-refractivity contribution >= 4 is 5.71 Å². The molecule has 0 fully saturated rings. The number of rotatable bonds is 8. The van der Waals surface area contributed by atoms with Crippen molar-refractivity contribution in [2.45, 2.75) is 39.3 Å². The Morgan fingerprint density at radius 1 is 1.22 bits per heavy atom. The summed E-state index contributed by atoms with van der Waals surface area (Å²) in [5.41, 5.74) is 1.52. The number of methoxy groups -OCH3 is 2. The smallest absolute Gasteiger partial charge is 0.161 e. The molecule has 0 radical (unpaired) electrons. The topological polar surface area (TPSA) is 72.3 Å². The molecule has 1 unspecified atom stereocenters. The van der Waals surface area contributed by atoms with E-state index in [1.54, 1.807) is 14.2 Å². The van der Waals surface area contributed by atoms with Crippen molar-refractivity contribution in [2.24, 2.45) is 5.16 Å². The number of aliphatic hydroxyl groups excluding tert-OH is 1. The zero-order chi connectivity index (χ0) is 17.5. The average Bonchev–Trinajstić information content (AvgIpc) is 2.51. The summed E-state index contributed by atoms with van der Waals surface area (Å²) in [6, 6.07) is 5.52. The Labute approximate surface area is 138 Å². The van der Waals surface area contributed by atoms with Crippen LogP contribution in [-0.4, -0.2) is 49.8 Å². The van der Waals surface area contributed by atoms with Crippen LogP contribution in [0.25, 0.3) is 0 Å². The summed E-state index contributed by atoms with van der Waals surface area (Å²) in [4.78, 5) is 5.23. The molecule has 6 nitrogen and oxygen atoms in total. The zero-order valence-corrected chi connectivity index (χ0v) is 14.8. The normalized spacial score (nSPS) is 13.6. The molecule has 6 heteroatoms. The molecule has 0 amide bonds. The Kier molecular flexibility index (Phi) is 7.32. The minimum atomic E-state index is -0.615. The largest absolute Gasteiger partial charge is 0.493 e. The number of nitrogens with zero attached hydrogens (tertiary/aromatic N) is 1. The van der Waals surface area contributed by atoms with Gasteiger partial charge < -0.3 is 24.7 Å². The Hall–Kier alpha value is -1.79. The van der Waals surface area contributed by atoms with Gasteiger partial charge in [0.15, 0.2) is 11.5 Å². The van der Waals surface area contributed by atoms with Gasteiger partial charge in [-0.15, -0.1) is 0 Å². The Morgan fingerprint density at radius 3 is 2.43 bits per heavy atom. The van der Waals surface area contributed by atoms with Gasteiger partial charge in [0.25, 0.3) is 0 Å². The van der Waals surface area contributed by atoms with E-state index in [-0.39, 0.29) is 12.1 Å². The third kappa shape index (κ3) is 6.88. The second-order valence-corrected chi connectivity index (χ2v) is 6.33. The third-order valence-corrected chi connectivity index (χ3v) is 3.14. The number of nitrogens with one attached hydrogen (secondary N) is 1. The lowest BCUT2D eigenvalue weighted by Gasteiger charge is -2.22. The average molecular weight is 324 g/mol. The number of hydrogen-bond donors (Lipinski definition) is 2. The van der Waals surface area contributed by atoms with Gasteiger partial charge in [-0.1, -0.05) is 5.16 Å². The van der Waals surface area contributed by atoms with Crippen LogP contribution in [-0.2, 0) is 4.84 Å². The highest BCUT2D eigenvalue weighted by atomic mass is 16.6. The summed E-state index contributed by atoms with van der Waals surface area (Å²) in [5.74, 6) is 1.29. The van der Waals surface area contributed by atoms with Crippen molar-refractivity contribution < 1.29 is 19.4 Å². The van der Waals surface area contributed by atoms with Crippen LogP contribution < -0.4 is 14.8 Å². The summed E-state index contributed by atoms with van der Waals surface area (Å²) >= 11 is 0. The van der Waals surface area contributed by atoms with Crippen LogP contribution >= 0.6 is 0 Å². The molecule has 0 aromatic heterocycles. The molecule has 1 aromatic rings. The number of ether oxygens (including phenoxy) is 2. The van der Waals surface area contributed by atoms with Gasteiger partial charge in [0, 0.05) is 17.6 Å². The van der Waals surface area contributed by atoms with E-state index in [4.69, 9.17) is 14.3 Å². The molecule has 1 rings (SSSR count). The first-order valence-corrected chi connectivity index (χ1v) is 7.59.